The van der Waals surface area contributed by atoms with Crippen LogP contribution in [-0.2, 0) is 0 Å². The number of hydrogen-bond donors (Lipinski definition) is 2. The molecule has 1 atom stereocenters. The summed E-state index contributed by atoms with van der Waals surface area (Å²) >= 11 is 0. The lowest BCUT2D eigenvalue weighted by Gasteiger charge is -2.32. The molecule has 0 radical (unpaired) electrons. The SMILES string of the molecule is CC(Nc1cccnc1N1CCC(O)CC1)C1CC1. The van der Waals surface area contributed by atoms with Crippen LogP contribution >= 0.6 is 0 Å². The average molecular weight is 261 g/mol. The van der Waals surface area contributed by atoms with Crippen molar-refractivity contribution in [1.29, 1.82) is 0 Å². The Morgan fingerprint density at radius 1 is 1.32 bits per heavy atom. The van der Waals surface area contributed by atoms with E-state index in [0.29, 0.717) is 6.04 Å². The third-order valence-corrected chi connectivity index (χ3v) is 4.26. The van der Waals surface area contributed by atoms with Crippen LogP contribution in [-0.4, -0.2) is 35.3 Å². The molecule has 2 heterocycles. The molecule has 4 heteroatoms. The standard InChI is InChI=1S/C15H23N3O/c1-11(12-4-5-12)17-14-3-2-8-16-15(14)18-9-6-13(19)7-10-18/h2-3,8,11-13,17,19H,4-7,9-10H2,1H3. The summed E-state index contributed by atoms with van der Waals surface area (Å²) in [6.45, 7) is 4.05. The molecule has 2 fully saturated rings. The number of rotatable bonds is 4. The van der Waals surface area contributed by atoms with Gasteiger partial charge in [-0.2, -0.15) is 0 Å². The Labute approximate surface area is 114 Å². The maximum Gasteiger partial charge on any atom is 0.151 e. The Morgan fingerprint density at radius 2 is 2.05 bits per heavy atom. The van der Waals surface area contributed by atoms with Gasteiger partial charge >= 0.3 is 0 Å². The Hall–Kier alpha value is -1.29. The number of pyridine rings is 1. The molecule has 1 unspecified atom stereocenters. The Morgan fingerprint density at radius 3 is 2.74 bits per heavy atom. The highest BCUT2D eigenvalue weighted by molar-refractivity contribution is 5.66. The van der Waals surface area contributed by atoms with Crippen molar-refractivity contribution in [3.05, 3.63) is 18.3 Å². The van der Waals surface area contributed by atoms with Crippen LogP contribution in [0.2, 0.25) is 0 Å². The van der Waals surface area contributed by atoms with Gasteiger partial charge in [0.1, 0.15) is 0 Å². The van der Waals surface area contributed by atoms with E-state index in [1.165, 1.54) is 12.8 Å². The van der Waals surface area contributed by atoms with E-state index in [2.05, 4.69) is 28.2 Å². The molecule has 1 saturated carbocycles. The molecule has 2 aliphatic rings. The zero-order valence-electron chi connectivity index (χ0n) is 11.5. The van der Waals surface area contributed by atoms with Gasteiger partial charge in [0.2, 0.25) is 0 Å². The highest BCUT2D eigenvalue weighted by Crippen LogP contribution is 2.35. The molecule has 1 aromatic heterocycles. The monoisotopic (exact) mass is 261 g/mol. The Balaban J connectivity index is 1.72. The first kappa shape index (κ1) is 12.7. The van der Waals surface area contributed by atoms with Gasteiger partial charge in [0.05, 0.1) is 11.8 Å². The van der Waals surface area contributed by atoms with Crippen molar-refractivity contribution < 1.29 is 5.11 Å². The highest BCUT2D eigenvalue weighted by Gasteiger charge is 2.29. The molecule has 0 aromatic carbocycles. The highest BCUT2D eigenvalue weighted by atomic mass is 16.3. The van der Waals surface area contributed by atoms with E-state index < -0.39 is 0 Å². The van der Waals surface area contributed by atoms with Gasteiger partial charge in [-0.15, -0.1) is 0 Å². The molecule has 104 valence electrons. The third-order valence-electron chi connectivity index (χ3n) is 4.26. The van der Waals surface area contributed by atoms with E-state index in [0.717, 1.165) is 43.4 Å². The van der Waals surface area contributed by atoms with E-state index in [-0.39, 0.29) is 6.10 Å². The maximum absolute atomic E-state index is 9.61. The number of aromatic nitrogens is 1. The number of nitrogens with one attached hydrogen (secondary N) is 1. The number of nitrogens with zero attached hydrogens (tertiary/aromatic N) is 2. The fourth-order valence-corrected chi connectivity index (χ4v) is 2.80. The molecule has 4 nitrogen and oxygen atoms in total. The first-order valence-electron chi connectivity index (χ1n) is 7.38. The van der Waals surface area contributed by atoms with Gasteiger partial charge in [-0.1, -0.05) is 0 Å². The molecule has 0 amide bonds. The minimum atomic E-state index is -0.137. The molecule has 19 heavy (non-hydrogen) atoms. The van der Waals surface area contributed by atoms with E-state index in [9.17, 15) is 5.11 Å². The van der Waals surface area contributed by atoms with Gasteiger partial charge in [-0.05, 0) is 50.7 Å². The van der Waals surface area contributed by atoms with E-state index in [1.807, 2.05) is 12.3 Å². The van der Waals surface area contributed by atoms with Gasteiger partial charge in [0.25, 0.3) is 0 Å². The molecular formula is C15H23N3O. The molecule has 1 aliphatic heterocycles. The predicted octanol–water partition coefficient (Wildman–Crippen LogP) is 2.25. The fourth-order valence-electron chi connectivity index (χ4n) is 2.80. The van der Waals surface area contributed by atoms with Crippen LogP contribution in [0.3, 0.4) is 0 Å². The first-order chi connectivity index (χ1) is 9.24. The second kappa shape index (κ2) is 5.37. The smallest absolute Gasteiger partial charge is 0.151 e. The summed E-state index contributed by atoms with van der Waals surface area (Å²) in [4.78, 5) is 6.83. The number of aliphatic hydroxyl groups is 1. The average Bonchev–Trinajstić information content (AvgIpc) is 3.25. The Bertz CT molecular complexity index is 425. The summed E-state index contributed by atoms with van der Waals surface area (Å²) in [5.41, 5.74) is 1.14. The zero-order valence-corrected chi connectivity index (χ0v) is 11.5. The van der Waals surface area contributed by atoms with Crippen molar-refractivity contribution in [3.63, 3.8) is 0 Å². The minimum Gasteiger partial charge on any atom is -0.393 e. The van der Waals surface area contributed by atoms with Crippen LogP contribution in [0, 0.1) is 5.92 Å². The van der Waals surface area contributed by atoms with Gasteiger partial charge in [0.15, 0.2) is 5.82 Å². The van der Waals surface area contributed by atoms with Crippen molar-refractivity contribution >= 4 is 11.5 Å². The predicted molar refractivity (Wildman–Crippen MR) is 77.5 cm³/mol. The molecular weight excluding hydrogens is 238 g/mol. The molecule has 0 bridgehead atoms. The number of piperidine rings is 1. The minimum absolute atomic E-state index is 0.137. The first-order valence-corrected chi connectivity index (χ1v) is 7.38. The summed E-state index contributed by atoms with van der Waals surface area (Å²) < 4.78 is 0. The van der Waals surface area contributed by atoms with E-state index in [4.69, 9.17) is 0 Å². The van der Waals surface area contributed by atoms with E-state index in [1.54, 1.807) is 0 Å². The third kappa shape index (κ3) is 3.00. The normalized spacial score (nSPS) is 22.3. The van der Waals surface area contributed by atoms with Crippen molar-refractivity contribution in [2.24, 2.45) is 5.92 Å². The van der Waals surface area contributed by atoms with Crippen molar-refractivity contribution in [2.75, 3.05) is 23.3 Å². The van der Waals surface area contributed by atoms with Crippen LogP contribution < -0.4 is 10.2 Å². The summed E-state index contributed by atoms with van der Waals surface area (Å²) in [5.74, 6) is 1.87. The van der Waals surface area contributed by atoms with Gasteiger partial charge in [0, 0.05) is 25.3 Å². The van der Waals surface area contributed by atoms with E-state index >= 15 is 0 Å². The fraction of sp³-hybridized carbons (Fsp3) is 0.667. The van der Waals surface area contributed by atoms with Crippen molar-refractivity contribution in [2.45, 2.75) is 44.8 Å². The maximum atomic E-state index is 9.61. The number of aliphatic hydroxyl groups excluding tert-OH is 1. The number of hydrogen-bond acceptors (Lipinski definition) is 4. The van der Waals surface area contributed by atoms with Gasteiger partial charge in [-0.3, -0.25) is 0 Å². The molecule has 1 saturated heterocycles. The summed E-state index contributed by atoms with van der Waals surface area (Å²) in [5, 5.41) is 13.2. The van der Waals surface area contributed by atoms with Crippen LogP contribution in [0.25, 0.3) is 0 Å². The quantitative estimate of drug-likeness (QED) is 0.873. The van der Waals surface area contributed by atoms with Gasteiger partial charge < -0.3 is 15.3 Å². The van der Waals surface area contributed by atoms with Crippen LogP contribution in [0.5, 0.6) is 0 Å². The largest absolute Gasteiger partial charge is 0.393 e. The lowest BCUT2D eigenvalue weighted by molar-refractivity contribution is 0.145. The van der Waals surface area contributed by atoms with Crippen LogP contribution in [0.1, 0.15) is 32.6 Å². The Kier molecular flexibility index (Phi) is 3.60. The lowest BCUT2D eigenvalue weighted by atomic mass is 10.1. The molecule has 2 N–H and O–H groups in total. The molecule has 1 aromatic rings. The van der Waals surface area contributed by atoms with Crippen LogP contribution in [0.15, 0.2) is 18.3 Å². The summed E-state index contributed by atoms with van der Waals surface area (Å²) in [6, 6.07) is 4.63. The molecule has 3 rings (SSSR count). The summed E-state index contributed by atoms with van der Waals surface area (Å²) in [6.07, 6.45) is 6.09. The van der Waals surface area contributed by atoms with Crippen LogP contribution in [0.4, 0.5) is 11.5 Å². The van der Waals surface area contributed by atoms with Crippen molar-refractivity contribution in [1.82, 2.24) is 4.98 Å². The van der Waals surface area contributed by atoms with Gasteiger partial charge in [-0.25, -0.2) is 4.98 Å². The molecule has 1 aliphatic carbocycles. The number of anilines is 2. The zero-order chi connectivity index (χ0) is 13.2. The van der Waals surface area contributed by atoms with Crippen molar-refractivity contribution in [3.8, 4) is 0 Å². The summed E-state index contributed by atoms with van der Waals surface area (Å²) in [7, 11) is 0. The second-order valence-electron chi connectivity index (χ2n) is 5.86. The molecule has 0 spiro atoms. The lowest BCUT2D eigenvalue weighted by Crippen LogP contribution is -2.37. The second-order valence-corrected chi connectivity index (χ2v) is 5.86. The topological polar surface area (TPSA) is 48.4 Å².